The number of amides is 2. The quantitative estimate of drug-likeness (QED) is 0.497. The van der Waals surface area contributed by atoms with E-state index in [2.05, 4.69) is 12.2 Å². The lowest BCUT2D eigenvalue weighted by molar-refractivity contribution is -0.168. The lowest BCUT2D eigenvalue weighted by Gasteiger charge is -2.54. The van der Waals surface area contributed by atoms with Crippen LogP contribution in [0, 0.1) is 6.92 Å². The molecule has 2 amide bonds. The highest BCUT2D eigenvalue weighted by molar-refractivity contribution is 7.89. The molecule has 0 aromatic heterocycles. The third-order valence-electron chi connectivity index (χ3n) is 6.85. The largest absolute Gasteiger partial charge is 0.335 e. The summed E-state index contributed by atoms with van der Waals surface area (Å²) in [6.45, 7) is 7.86. The van der Waals surface area contributed by atoms with Gasteiger partial charge < -0.3 is 15.1 Å². The summed E-state index contributed by atoms with van der Waals surface area (Å²) in [5.41, 5.74) is 0.799. The normalized spacial score (nSPS) is 22.8. The van der Waals surface area contributed by atoms with Crippen LogP contribution >= 0.6 is 34.8 Å². The van der Waals surface area contributed by atoms with Crippen LogP contribution < -0.4 is 5.32 Å². The van der Waals surface area contributed by atoms with Crippen molar-refractivity contribution in [3.05, 3.63) is 70.0 Å². The first-order valence-corrected chi connectivity index (χ1v) is 14.9. The molecule has 38 heavy (non-hydrogen) atoms. The zero-order valence-electron chi connectivity index (χ0n) is 21.1. The molecule has 205 valence electrons. The second kappa shape index (κ2) is 11.7. The number of rotatable bonds is 8. The van der Waals surface area contributed by atoms with E-state index in [0.29, 0.717) is 23.0 Å². The van der Waals surface area contributed by atoms with Crippen molar-refractivity contribution in [1.29, 1.82) is 0 Å². The summed E-state index contributed by atoms with van der Waals surface area (Å²) in [5, 5.41) is 3.95. The van der Waals surface area contributed by atoms with Gasteiger partial charge in [-0.1, -0.05) is 53.9 Å². The molecule has 0 bridgehead atoms. The van der Waals surface area contributed by atoms with Crippen LogP contribution in [0.3, 0.4) is 0 Å². The Balaban J connectivity index is 1.82. The van der Waals surface area contributed by atoms with Gasteiger partial charge in [-0.2, -0.15) is 4.31 Å². The maximum Gasteiger partial charge on any atom is 0.246 e. The van der Waals surface area contributed by atoms with E-state index in [-0.39, 0.29) is 47.3 Å². The highest BCUT2D eigenvalue weighted by Crippen LogP contribution is 2.35. The predicted molar refractivity (Wildman–Crippen MR) is 149 cm³/mol. The minimum absolute atomic E-state index is 0.0199. The van der Waals surface area contributed by atoms with Crippen LogP contribution in [0.5, 0.6) is 0 Å². The van der Waals surface area contributed by atoms with E-state index in [9.17, 15) is 18.0 Å². The van der Waals surface area contributed by atoms with Crippen LogP contribution in [0.1, 0.15) is 25.8 Å². The van der Waals surface area contributed by atoms with Crippen LogP contribution in [0.4, 0.5) is 0 Å². The topological polar surface area (TPSA) is 90.0 Å². The monoisotopic (exact) mass is 599 g/mol. The average Bonchev–Trinajstić information content (AvgIpc) is 2.85. The van der Waals surface area contributed by atoms with Crippen molar-refractivity contribution in [3.63, 3.8) is 0 Å². The molecule has 2 aromatic rings. The van der Waals surface area contributed by atoms with Gasteiger partial charge in [0, 0.05) is 29.1 Å². The fourth-order valence-electron chi connectivity index (χ4n) is 4.95. The smallest absolute Gasteiger partial charge is 0.246 e. The van der Waals surface area contributed by atoms with Crippen LogP contribution in [-0.4, -0.2) is 78.3 Å². The lowest BCUT2D eigenvalue weighted by Crippen LogP contribution is -2.76. The van der Waals surface area contributed by atoms with Gasteiger partial charge in [-0.3, -0.25) is 9.59 Å². The summed E-state index contributed by atoms with van der Waals surface area (Å²) in [6.07, 6.45) is -0.217. The number of halogens is 3. The van der Waals surface area contributed by atoms with E-state index in [4.69, 9.17) is 34.8 Å². The number of nitrogens with one attached hydrogen (secondary N) is 1. The van der Waals surface area contributed by atoms with E-state index >= 15 is 0 Å². The minimum Gasteiger partial charge on any atom is -0.335 e. The second-order valence-corrected chi connectivity index (χ2v) is 12.8. The maximum absolute atomic E-state index is 14.1. The predicted octanol–water partition coefficient (Wildman–Crippen LogP) is 3.85. The number of hydrogen-bond acceptors (Lipinski definition) is 5. The van der Waals surface area contributed by atoms with Crippen LogP contribution in [0.25, 0.3) is 0 Å². The van der Waals surface area contributed by atoms with Gasteiger partial charge in [0.2, 0.25) is 21.8 Å². The highest BCUT2D eigenvalue weighted by Gasteiger charge is 2.54. The molecule has 2 fully saturated rings. The van der Waals surface area contributed by atoms with Crippen molar-refractivity contribution in [2.75, 3.05) is 19.6 Å². The molecule has 0 spiro atoms. The minimum atomic E-state index is -4.19. The summed E-state index contributed by atoms with van der Waals surface area (Å²) in [4.78, 5) is 30.5. The van der Waals surface area contributed by atoms with E-state index in [1.807, 2.05) is 13.8 Å². The Hall–Kier alpha value is -1.88. The lowest BCUT2D eigenvalue weighted by atomic mass is 9.96. The molecule has 2 heterocycles. The Kier molecular flexibility index (Phi) is 8.96. The first-order valence-electron chi connectivity index (χ1n) is 12.3. The van der Waals surface area contributed by atoms with Crippen LogP contribution in [0.15, 0.2) is 47.4 Å². The fraction of sp³-hybridized carbons (Fsp3) is 0.423. The Morgan fingerprint density at radius 1 is 1.00 bits per heavy atom. The van der Waals surface area contributed by atoms with Gasteiger partial charge in [-0.15, -0.1) is 0 Å². The van der Waals surface area contributed by atoms with Crippen molar-refractivity contribution >= 4 is 56.6 Å². The third kappa shape index (κ3) is 5.69. The Bertz CT molecular complexity index is 1310. The maximum atomic E-state index is 14.1. The van der Waals surface area contributed by atoms with E-state index in [1.54, 1.807) is 29.2 Å². The molecule has 1 N–H and O–H groups in total. The van der Waals surface area contributed by atoms with E-state index in [0.717, 1.165) is 5.56 Å². The van der Waals surface area contributed by atoms with Gasteiger partial charge in [-0.25, -0.2) is 8.42 Å². The second-order valence-electron chi connectivity index (χ2n) is 9.67. The number of nitrogens with zero attached hydrogens (tertiary/aromatic N) is 3. The number of carbonyl (C=O) groups excluding carboxylic acids is 2. The van der Waals surface area contributed by atoms with Crippen molar-refractivity contribution < 1.29 is 18.0 Å². The summed E-state index contributed by atoms with van der Waals surface area (Å²) in [6, 6.07) is 9.25. The van der Waals surface area contributed by atoms with Gasteiger partial charge in [0.1, 0.15) is 23.1 Å². The summed E-state index contributed by atoms with van der Waals surface area (Å²) in [5.74, 6) is -0.563. The molecule has 2 aromatic carbocycles. The zero-order chi connectivity index (χ0) is 27.8. The van der Waals surface area contributed by atoms with Crippen LogP contribution in [0.2, 0.25) is 15.1 Å². The fourth-order valence-corrected chi connectivity index (χ4v) is 7.41. The van der Waals surface area contributed by atoms with Gasteiger partial charge >= 0.3 is 0 Å². The molecule has 2 aliphatic rings. The number of fused-ring (bicyclic) bond motifs is 1. The summed E-state index contributed by atoms with van der Waals surface area (Å²) >= 11 is 18.4. The molecular weight excluding hydrogens is 571 g/mol. The van der Waals surface area contributed by atoms with Crippen molar-refractivity contribution in [2.24, 2.45) is 0 Å². The Morgan fingerprint density at radius 3 is 2.26 bits per heavy atom. The Morgan fingerprint density at radius 2 is 1.66 bits per heavy atom. The zero-order valence-corrected chi connectivity index (χ0v) is 24.2. The molecular formula is C26H30Cl3N4O4S. The molecule has 3 atom stereocenters. The van der Waals surface area contributed by atoms with E-state index in [1.165, 1.54) is 27.4 Å². The first kappa shape index (κ1) is 29.1. The van der Waals surface area contributed by atoms with Crippen molar-refractivity contribution in [1.82, 2.24) is 19.4 Å². The summed E-state index contributed by atoms with van der Waals surface area (Å²) < 4.78 is 29.4. The number of sulfonamides is 1. The number of benzene rings is 2. The first-order chi connectivity index (χ1) is 17.9. The van der Waals surface area contributed by atoms with Gasteiger partial charge in [0.05, 0.1) is 11.6 Å². The van der Waals surface area contributed by atoms with Crippen LogP contribution in [-0.2, 0) is 26.0 Å². The highest BCUT2D eigenvalue weighted by atomic mass is 35.5. The Labute approximate surface area is 238 Å². The average molecular weight is 601 g/mol. The molecule has 2 saturated heterocycles. The number of carbonyl (C=O) groups is 2. The molecule has 4 rings (SSSR count). The molecule has 0 aliphatic carbocycles. The van der Waals surface area contributed by atoms with Crippen molar-refractivity contribution in [3.8, 4) is 0 Å². The van der Waals surface area contributed by atoms with Gasteiger partial charge in [-0.05, 0) is 62.7 Å². The van der Waals surface area contributed by atoms with Gasteiger partial charge in [0.15, 0.2) is 0 Å². The summed E-state index contributed by atoms with van der Waals surface area (Å²) in [7, 11) is -4.19. The SMILES string of the molecule is [CH2]CCNC1CN(S(=O)(=O)c2ccc(Cl)cc2Cl)C2CN(C(C)C)C(=O)C(Cc3ccc(Cl)cc3)N2C1=O. The molecule has 2 aliphatic heterocycles. The molecule has 8 nitrogen and oxygen atoms in total. The van der Waals surface area contributed by atoms with Gasteiger partial charge in [0.25, 0.3) is 0 Å². The third-order valence-corrected chi connectivity index (χ3v) is 9.68. The standard InChI is InChI=1S/C26H30Cl3N4O4S/c1-4-11-30-21-14-32(38(36,37)23-10-9-19(28)13-20(23)29)24-15-31(16(2)3)26(35)22(33(24)25(21)34)12-17-5-7-18(27)8-6-17/h5-10,13,16,21-22,24,30H,1,4,11-12,14-15H2,2-3H3. The number of hydrogen-bond donors (Lipinski definition) is 1. The molecule has 12 heteroatoms. The van der Waals surface area contributed by atoms with E-state index < -0.39 is 28.3 Å². The van der Waals surface area contributed by atoms with Crippen molar-refractivity contribution in [2.45, 2.75) is 55.9 Å². The molecule has 1 radical (unpaired) electrons. The number of piperazine rings is 1. The molecule has 3 unspecified atom stereocenters. The molecule has 0 saturated carbocycles.